The van der Waals surface area contributed by atoms with Gasteiger partial charge in [-0.25, -0.2) is 4.98 Å². The Balaban J connectivity index is 1.44. The Labute approximate surface area is 205 Å². The topological polar surface area (TPSA) is 97.8 Å². The molecule has 2 heterocycles. The Morgan fingerprint density at radius 1 is 0.971 bits per heavy atom. The molecule has 0 fully saturated rings. The number of benzene rings is 2. The molecule has 35 heavy (non-hydrogen) atoms. The normalized spacial score (nSPS) is 11.5. The van der Waals surface area contributed by atoms with Crippen LogP contribution in [0, 0.1) is 13.8 Å². The van der Waals surface area contributed by atoms with Crippen LogP contribution in [-0.2, 0) is 6.61 Å². The highest BCUT2D eigenvalue weighted by atomic mass is 16.5. The molecule has 0 saturated carbocycles. The molecule has 2 N–H and O–H groups in total. The minimum absolute atomic E-state index is 0.144. The van der Waals surface area contributed by atoms with E-state index in [-0.39, 0.29) is 5.88 Å². The van der Waals surface area contributed by atoms with Crippen LogP contribution in [0.25, 0.3) is 22.5 Å². The number of hydrogen-bond donors (Lipinski definition) is 2. The fraction of sp³-hybridized carbons (Fsp3) is 0.286. The lowest BCUT2D eigenvalue weighted by atomic mass is 9.95. The Bertz CT molecular complexity index is 1290. The summed E-state index contributed by atoms with van der Waals surface area (Å²) in [5, 5.41) is 22.7. The zero-order valence-electron chi connectivity index (χ0n) is 20.4. The van der Waals surface area contributed by atoms with Crippen molar-refractivity contribution in [1.29, 1.82) is 0 Å². The Kier molecular flexibility index (Phi) is 7.07. The second-order valence-electron chi connectivity index (χ2n) is 9.20. The molecule has 4 aromatic rings. The molecular formula is C28H30N2O5. The molecule has 0 atom stereocenters. The van der Waals surface area contributed by atoms with Gasteiger partial charge < -0.3 is 24.2 Å². The van der Waals surface area contributed by atoms with E-state index in [0.717, 1.165) is 39.1 Å². The van der Waals surface area contributed by atoms with E-state index >= 15 is 0 Å². The lowest BCUT2D eigenvalue weighted by molar-refractivity contribution is 0.0547. The van der Waals surface area contributed by atoms with Crippen molar-refractivity contribution in [2.45, 2.75) is 46.3 Å². The summed E-state index contributed by atoms with van der Waals surface area (Å²) in [6, 6.07) is 17.0. The molecule has 0 bridgehead atoms. The number of pyridine rings is 1. The molecule has 0 amide bonds. The average Bonchev–Trinajstić information content (AvgIpc) is 3.25. The highest BCUT2D eigenvalue weighted by Gasteiger charge is 2.14. The second-order valence-corrected chi connectivity index (χ2v) is 9.20. The van der Waals surface area contributed by atoms with Gasteiger partial charge in [0.25, 0.3) is 5.88 Å². The van der Waals surface area contributed by atoms with E-state index in [4.69, 9.17) is 14.0 Å². The number of rotatable bonds is 9. The summed E-state index contributed by atoms with van der Waals surface area (Å²) in [5.41, 5.74) is 5.45. The third-order valence-electron chi connectivity index (χ3n) is 5.82. The van der Waals surface area contributed by atoms with Gasteiger partial charge in [-0.15, -0.1) is 0 Å². The van der Waals surface area contributed by atoms with Crippen molar-refractivity contribution in [3.63, 3.8) is 0 Å². The summed E-state index contributed by atoms with van der Waals surface area (Å²) in [6.45, 7) is 8.48. The van der Waals surface area contributed by atoms with Crippen molar-refractivity contribution < 1.29 is 24.2 Å². The van der Waals surface area contributed by atoms with Crippen molar-refractivity contribution in [2.24, 2.45) is 0 Å². The van der Waals surface area contributed by atoms with Crippen LogP contribution in [-0.4, -0.2) is 32.6 Å². The van der Waals surface area contributed by atoms with E-state index in [1.807, 2.05) is 49.5 Å². The first kappa shape index (κ1) is 24.3. The van der Waals surface area contributed by atoms with Gasteiger partial charge in [-0.1, -0.05) is 18.2 Å². The molecule has 7 nitrogen and oxygen atoms in total. The predicted octanol–water partition coefficient (Wildman–Crippen LogP) is 5.84. The van der Waals surface area contributed by atoms with Crippen LogP contribution in [0.4, 0.5) is 0 Å². The van der Waals surface area contributed by atoms with E-state index in [9.17, 15) is 10.2 Å². The Morgan fingerprint density at radius 2 is 1.74 bits per heavy atom. The molecule has 0 aliphatic heterocycles. The van der Waals surface area contributed by atoms with Gasteiger partial charge in [-0.3, -0.25) is 0 Å². The van der Waals surface area contributed by atoms with Gasteiger partial charge in [-0.2, -0.15) is 0 Å². The van der Waals surface area contributed by atoms with Gasteiger partial charge in [0, 0.05) is 35.9 Å². The first-order valence-electron chi connectivity index (χ1n) is 11.5. The lowest BCUT2D eigenvalue weighted by Crippen LogP contribution is -2.22. The smallest absolute Gasteiger partial charge is 0.252 e. The van der Waals surface area contributed by atoms with Gasteiger partial charge in [0.2, 0.25) is 5.88 Å². The lowest BCUT2D eigenvalue weighted by Gasteiger charge is -2.17. The van der Waals surface area contributed by atoms with E-state index in [2.05, 4.69) is 29.2 Å². The maximum atomic E-state index is 9.85. The molecule has 2 aromatic heterocycles. The molecular weight excluding hydrogens is 444 g/mol. The van der Waals surface area contributed by atoms with Crippen LogP contribution >= 0.6 is 0 Å². The molecule has 0 aliphatic rings. The highest BCUT2D eigenvalue weighted by molar-refractivity contribution is 5.71. The monoisotopic (exact) mass is 474 g/mol. The molecule has 4 rings (SSSR count). The fourth-order valence-corrected chi connectivity index (χ4v) is 3.71. The number of nitrogens with zero attached hydrogens (tertiary/aromatic N) is 2. The quantitative estimate of drug-likeness (QED) is 0.314. The van der Waals surface area contributed by atoms with Crippen molar-refractivity contribution in [3.8, 4) is 40.0 Å². The molecule has 0 aliphatic carbocycles. The zero-order valence-corrected chi connectivity index (χ0v) is 20.4. The summed E-state index contributed by atoms with van der Waals surface area (Å²) in [5.74, 6) is 1.63. The number of ether oxygens (including phenoxy) is 2. The van der Waals surface area contributed by atoms with Crippen LogP contribution in [0.2, 0.25) is 0 Å². The molecule has 0 radical (unpaired) electrons. The maximum absolute atomic E-state index is 9.85. The Morgan fingerprint density at radius 3 is 2.40 bits per heavy atom. The molecule has 0 unspecified atom stereocenters. The summed E-state index contributed by atoms with van der Waals surface area (Å²) < 4.78 is 16.8. The minimum Gasteiger partial charge on any atom is -0.491 e. The summed E-state index contributed by atoms with van der Waals surface area (Å²) in [4.78, 5) is 4.47. The van der Waals surface area contributed by atoms with Crippen LogP contribution in [0.1, 0.15) is 37.0 Å². The number of aromatic nitrogens is 2. The summed E-state index contributed by atoms with van der Waals surface area (Å²) in [6.07, 6.45) is 2.37. The largest absolute Gasteiger partial charge is 0.491 e. The van der Waals surface area contributed by atoms with Gasteiger partial charge >= 0.3 is 0 Å². The Hall–Kier alpha value is -3.84. The number of aliphatic hydroxyl groups is 1. The average molecular weight is 475 g/mol. The molecule has 0 spiro atoms. The van der Waals surface area contributed by atoms with Crippen LogP contribution in [0.5, 0.6) is 17.5 Å². The van der Waals surface area contributed by atoms with Crippen molar-refractivity contribution >= 4 is 0 Å². The first-order chi connectivity index (χ1) is 16.7. The van der Waals surface area contributed by atoms with Gasteiger partial charge in [0.15, 0.2) is 5.76 Å². The van der Waals surface area contributed by atoms with Gasteiger partial charge in [-0.05, 0) is 79.4 Å². The van der Waals surface area contributed by atoms with Gasteiger partial charge in [0.1, 0.15) is 12.4 Å². The standard InChI is InChI=1S/C28H30N2O5/c1-18-14-27(33-13-12-28(3,4)32)29-16-24(18)23-7-5-6-21(19(23)2)17-34-22-10-8-20(9-11-22)25-15-26(31)30-35-25/h5-11,14-16,32H,12-13,17H2,1-4H3,(H,30,31). The maximum Gasteiger partial charge on any atom is 0.252 e. The molecule has 2 aromatic carbocycles. The van der Waals surface area contributed by atoms with E-state index in [1.165, 1.54) is 6.07 Å². The predicted molar refractivity (Wildman–Crippen MR) is 133 cm³/mol. The van der Waals surface area contributed by atoms with Crippen LogP contribution in [0.3, 0.4) is 0 Å². The molecule has 0 saturated heterocycles. The minimum atomic E-state index is -0.766. The van der Waals surface area contributed by atoms with Gasteiger partial charge in [0.05, 0.1) is 12.2 Å². The molecule has 182 valence electrons. The van der Waals surface area contributed by atoms with E-state index in [0.29, 0.717) is 31.3 Å². The SMILES string of the molecule is Cc1cc(OCCC(C)(C)O)ncc1-c1cccc(COc2ccc(-c3cc(O)no3)cc2)c1C. The van der Waals surface area contributed by atoms with Crippen molar-refractivity contribution in [1.82, 2.24) is 10.1 Å². The highest BCUT2D eigenvalue weighted by Crippen LogP contribution is 2.31. The number of hydrogen-bond acceptors (Lipinski definition) is 7. The molecule has 7 heteroatoms. The fourth-order valence-electron chi connectivity index (χ4n) is 3.71. The van der Waals surface area contributed by atoms with Crippen molar-refractivity contribution in [3.05, 3.63) is 77.5 Å². The summed E-state index contributed by atoms with van der Waals surface area (Å²) in [7, 11) is 0. The van der Waals surface area contributed by atoms with E-state index in [1.54, 1.807) is 13.8 Å². The third kappa shape index (κ3) is 6.19. The number of aryl methyl sites for hydroxylation is 1. The van der Waals surface area contributed by atoms with Crippen molar-refractivity contribution in [2.75, 3.05) is 6.61 Å². The third-order valence-corrected chi connectivity index (χ3v) is 5.82. The second kappa shape index (κ2) is 10.2. The summed E-state index contributed by atoms with van der Waals surface area (Å²) >= 11 is 0. The first-order valence-corrected chi connectivity index (χ1v) is 11.5. The van der Waals surface area contributed by atoms with E-state index < -0.39 is 5.60 Å². The van der Waals surface area contributed by atoms with Crippen LogP contribution in [0.15, 0.2) is 65.3 Å². The van der Waals surface area contributed by atoms with Crippen LogP contribution < -0.4 is 9.47 Å². The zero-order chi connectivity index (χ0) is 25.0. The number of aromatic hydroxyl groups is 1.